The van der Waals surface area contributed by atoms with E-state index in [2.05, 4.69) is 11.1 Å². The van der Waals surface area contributed by atoms with Crippen LogP contribution >= 0.6 is 0 Å². The molecule has 24 heavy (non-hydrogen) atoms. The lowest BCUT2D eigenvalue weighted by Crippen LogP contribution is -2.24. The average molecular weight is 314 g/mol. The maximum Gasteiger partial charge on any atom is 0.280 e. The number of carbonyl (C=O) groups is 1. The van der Waals surface area contributed by atoms with Crippen molar-refractivity contribution in [1.29, 1.82) is 5.26 Å². The number of nitriles is 1. The molecular weight excluding hydrogens is 300 g/mol. The molecule has 4 N–H and O–H groups in total. The number of guanidine groups is 1. The molecule has 3 rings (SSSR count). The van der Waals surface area contributed by atoms with E-state index in [1.165, 1.54) is 0 Å². The van der Waals surface area contributed by atoms with Crippen molar-refractivity contribution in [3.8, 4) is 17.2 Å². The number of fused-ring (bicyclic) bond motifs is 1. The fourth-order valence-corrected chi connectivity index (χ4v) is 2.64. The summed E-state index contributed by atoms with van der Waals surface area (Å²) in [5, 5.41) is 11.2. The Morgan fingerprint density at radius 3 is 2.38 bits per heavy atom. The van der Waals surface area contributed by atoms with Crippen LogP contribution in [0.15, 0.2) is 65.7 Å². The third-order valence-electron chi connectivity index (χ3n) is 3.68. The van der Waals surface area contributed by atoms with Crippen molar-refractivity contribution in [3.05, 3.63) is 71.8 Å². The molecule has 1 amide bonds. The Hall–Kier alpha value is -3.65. The monoisotopic (exact) mass is 314 g/mol. The predicted molar refractivity (Wildman–Crippen MR) is 94.2 cm³/mol. The molecule has 0 unspecified atom stereocenters. The first kappa shape index (κ1) is 15.3. The lowest BCUT2D eigenvalue weighted by molar-refractivity contribution is 0.100. The molecule has 3 aromatic carbocycles. The van der Waals surface area contributed by atoms with Gasteiger partial charge in [0.2, 0.25) is 0 Å². The van der Waals surface area contributed by atoms with Crippen molar-refractivity contribution in [3.63, 3.8) is 0 Å². The van der Waals surface area contributed by atoms with Gasteiger partial charge in [-0.25, -0.2) is 0 Å². The summed E-state index contributed by atoms with van der Waals surface area (Å²) in [7, 11) is 0. The maximum atomic E-state index is 12.1. The molecular formula is C19H14N4O. The van der Waals surface area contributed by atoms with Gasteiger partial charge in [-0.1, -0.05) is 42.5 Å². The molecule has 0 bridgehead atoms. The second-order valence-corrected chi connectivity index (χ2v) is 5.24. The first-order valence-corrected chi connectivity index (χ1v) is 7.26. The zero-order valence-corrected chi connectivity index (χ0v) is 12.7. The summed E-state index contributed by atoms with van der Waals surface area (Å²) in [5.74, 6) is -0.799. The summed E-state index contributed by atoms with van der Waals surface area (Å²) in [4.78, 5) is 15.7. The van der Waals surface area contributed by atoms with Gasteiger partial charge < -0.3 is 11.5 Å². The molecule has 0 saturated heterocycles. The van der Waals surface area contributed by atoms with Gasteiger partial charge in [-0.15, -0.1) is 0 Å². The van der Waals surface area contributed by atoms with E-state index in [4.69, 9.17) is 11.5 Å². The molecule has 0 aliphatic heterocycles. The first-order valence-electron chi connectivity index (χ1n) is 7.26. The van der Waals surface area contributed by atoms with E-state index in [1.54, 1.807) is 18.2 Å². The van der Waals surface area contributed by atoms with Crippen LogP contribution in [0.3, 0.4) is 0 Å². The summed E-state index contributed by atoms with van der Waals surface area (Å²) in [5.41, 5.74) is 13.1. The molecule has 0 aromatic heterocycles. The van der Waals surface area contributed by atoms with E-state index in [1.807, 2.05) is 42.5 Å². The van der Waals surface area contributed by atoms with E-state index < -0.39 is 5.91 Å². The van der Waals surface area contributed by atoms with Gasteiger partial charge in [-0.3, -0.25) is 4.79 Å². The maximum absolute atomic E-state index is 12.1. The average Bonchev–Trinajstić information content (AvgIpc) is 2.60. The second kappa shape index (κ2) is 6.23. The van der Waals surface area contributed by atoms with Crippen LogP contribution in [0, 0.1) is 11.3 Å². The van der Waals surface area contributed by atoms with Gasteiger partial charge in [-0.2, -0.15) is 10.3 Å². The topological polar surface area (TPSA) is 105 Å². The molecule has 5 heteroatoms. The third kappa shape index (κ3) is 2.81. The van der Waals surface area contributed by atoms with Crippen molar-refractivity contribution >= 4 is 22.6 Å². The van der Waals surface area contributed by atoms with Crippen LogP contribution in [0.2, 0.25) is 0 Å². The van der Waals surface area contributed by atoms with E-state index in [9.17, 15) is 10.1 Å². The molecule has 0 aliphatic carbocycles. The molecule has 0 heterocycles. The Labute approximate surface area is 138 Å². The van der Waals surface area contributed by atoms with Crippen LogP contribution in [0.5, 0.6) is 0 Å². The molecule has 116 valence electrons. The largest absolute Gasteiger partial charge is 0.370 e. The third-order valence-corrected chi connectivity index (χ3v) is 3.68. The molecule has 0 radical (unpaired) electrons. The summed E-state index contributed by atoms with van der Waals surface area (Å²) in [6.45, 7) is 0. The van der Waals surface area contributed by atoms with Crippen LogP contribution < -0.4 is 11.5 Å². The molecule has 0 spiro atoms. The van der Waals surface area contributed by atoms with Crippen LogP contribution in [0.1, 0.15) is 15.9 Å². The number of carbonyl (C=O) groups excluding carboxylic acids is 1. The van der Waals surface area contributed by atoms with Gasteiger partial charge >= 0.3 is 0 Å². The number of nitrogens with zero attached hydrogens (tertiary/aromatic N) is 2. The summed E-state index contributed by atoms with van der Waals surface area (Å²) in [6.07, 6.45) is 0. The van der Waals surface area contributed by atoms with Crippen LogP contribution in [-0.2, 0) is 0 Å². The van der Waals surface area contributed by atoms with Gasteiger partial charge in [-0.05, 0) is 34.5 Å². The number of nitrogens with two attached hydrogens (primary N) is 2. The first-order chi connectivity index (χ1) is 11.6. The van der Waals surface area contributed by atoms with Crippen molar-refractivity contribution in [2.75, 3.05) is 0 Å². The lowest BCUT2D eigenvalue weighted by atomic mass is 9.92. The number of rotatable bonds is 2. The van der Waals surface area contributed by atoms with Gasteiger partial charge in [0, 0.05) is 11.1 Å². The minimum atomic E-state index is -0.515. The Morgan fingerprint density at radius 2 is 1.71 bits per heavy atom. The molecule has 3 aromatic rings. The predicted octanol–water partition coefficient (Wildman–Crippen LogP) is 2.79. The molecule has 0 atom stereocenters. The van der Waals surface area contributed by atoms with Crippen molar-refractivity contribution in [2.45, 2.75) is 0 Å². The normalized spacial score (nSPS) is 10.1. The summed E-state index contributed by atoms with van der Waals surface area (Å²) in [6, 6.07) is 20.6. The minimum Gasteiger partial charge on any atom is -0.370 e. The molecule has 0 saturated carbocycles. The number of benzene rings is 3. The number of aliphatic imine (C=N–C) groups is 1. The second-order valence-electron chi connectivity index (χ2n) is 5.24. The Morgan fingerprint density at radius 1 is 1.00 bits per heavy atom. The number of hydrogen-bond acceptors (Lipinski definition) is 2. The van der Waals surface area contributed by atoms with Crippen LogP contribution in [0.4, 0.5) is 0 Å². The Bertz CT molecular complexity index is 997. The van der Waals surface area contributed by atoms with E-state index in [-0.39, 0.29) is 5.96 Å². The zero-order valence-electron chi connectivity index (χ0n) is 12.7. The standard InChI is InChI=1S/C19H14N4O/c20-11-15-9-7-12-6-8-14(18(24)23-19(21)22)10-16(12)17(15)13-4-2-1-3-5-13/h1-10H,(H4,21,22,23,24). The van der Waals surface area contributed by atoms with Gasteiger partial charge in [0.25, 0.3) is 5.91 Å². The SMILES string of the molecule is N#Cc1ccc2ccc(C(=O)N=C(N)N)cc2c1-c1ccccc1. The lowest BCUT2D eigenvalue weighted by Gasteiger charge is -2.10. The van der Waals surface area contributed by atoms with E-state index in [0.717, 1.165) is 21.9 Å². The van der Waals surface area contributed by atoms with E-state index >= 15 is 0 Å². The zero-order chi connectivity index (χ0) is 17.1. The number of amides is 1. The van der Waals surface area contributed by atoms with Gasteiger partial charge in [0.15, 0.2) is 5.96 Å². The quantitative estimate of drug-likeness (QED) is 0.560. The highest BCUT2D eigenvalue weighted by molar-refractivity contribution is 6.07. The Balaban J connectivity index is 2.30. The van der Waals surface area contributed by atoms with Crippen molar-refractivity contribution in [1.82, 2.24) is 0 Å². The number of hydrogen-bond donors (Lipinski definition) is 2. The fraction of sp³-hybridized carbons (Fsp3) is 0. The molecule has 0 fully saturated rings. The van der Waals surface area contributed by atoms with Gasteiger partial charge in [0.1, 0.15) is 0 Å². The van der Waals surface area contributed by atoms with Crippen LogP contribution in [0.25, 0.3) is 21.9 Å². The highest BCUT2D eigenvalue weighted by Crippen LogP contribution is 2.32. The smallest absolute Gasteiger partial charge is 0.280 e. The minimum absolute atomic E-state index is 0.283. The van der Waals surface area contributed by atoms with Crippen molar-refractivity contribution < 1.29 is 4.79 Å². The molecule has 0 aliphatic rings. The Kier molecular flexibility index (Phi) is 3.96. The summed E-state index contributed by atoms with van der Waals surface area (Å²) < 4.78 is 0. The van der Waals surface area contributed by atoms with Crippen LogP contribution in [-0.4, -0.2) is 11.9 Å². The molecule has 5 nitrogen and oxygen atoms in total. The van der Waals surface area contributed by atoms with Crippen molar-refractivity contribution in [2.24, 2.45) is 16.5 Å². The fourth-order valence-electron chi connectivity index (χ4n) is 2.64. The van der Waals surface area contributed by atoms with Gasteiger partial charge in [0.05, 0.1) is 11.6 Å². The highest BCUT2D eigenvalue weighted by atomic mass is 16.1. The van der Waals surface area contributed by atoms with E-state index in [0.29, 0.717) is 11.1 Å². The summed E-state index contributed by atoms with van der Waals surface area (Å²) >= 11 is 0. The highest BCUT2D eigenvalue weighted by Gasteiger charge is 2.12.